The molecule has 1 N–H and O–H groups in total. The second-order valence-corrected chi connectivity index (χ2v) is 5.82. The Morgan fingerprint density at radius 2 is 2.11 bits per heavy atom. The molecule has 0 unspecified atom stereocenters. The summed E-state index contributed by atoms with van der Waals surface area (Å²) >= 11 is 0. The Morgan fingerprint density at radius 1 is 1.32 bits per heavy atom. The number of rotatable bonds is 5. The lowest BCUT2D eigenvalue weighted by Crippen LogP contribution is -2.43. The first-order chi connectivity index (χ1) is 9.12. The zero-order valence-corrected chi connectivity index (χ0v) is 12.4. The molecule has 1 aliphatic rings. The Balaban J connectivity index is 1.97. The molecule has 1 heterocycles. The number of benzene rings is 1. The van der Waals surface area contributed by atoms with Crippen molar-refractivity contribution in [3.63, 3.8) is 0 Å². The highest BCUT2D eigenvalue weighted by molar-refractivity contribution is 5.58. The van der Waals surface area contributed by atoms with E-state index in [0.29, 0.717) is 0 Å². The van der Waals surface area contributed by atoms with Gasteiger partial charge in [-0.15, -0.1) is 0 Å². The first-order valence-electron chi connectivity index (χ1n) is 7.34. The SMILES string of the molecule is CCC(C)(C)NCCN1CCCOc2ccccc21. The van der Waals surface area contributed by atoms with Crippen LogP contribution in [-0.2, 0) is 0 Å². The Kier molecular flexibility index (Phi) is 4.70. The highest BCUT2D eigenvalue weighted by Crippen LogP contribution is 2.30. The Hall–Kier alpha value is -1.22. The summed E-state index contributed by atoms with van der Waals surface area (Å²) in [7, 11) is 0. The molecule has 0 saturated heterocycles. The van der Waals surface area contributed by atoms with Gasteiger partial charge in [-0.05, 0) is 38.8 Å². The number of para-hydroxylation sites is 2. The quantitative estimate of drug-likeness (QED) is 0.882. The Labute approximate surface area is 116 Å². The first kappa shape index (κ1) is 14.2. The van der Waals surface area contributed by atoms with E-state index in [0.717, 1.165) is 44.8 Å². The number of fused-ring (bicyclic) bond motifs is 1. The third kappa shape index (κ3) is 3.87. The summed E-state index contributed by atoms with van der Waals surface area (Å²) in [5.41, 5.74) is 1.46. The smallest absolute Gasteiger partial charge is 0.142 e. The van der Waals surface area contributed by atoms with Gasteiger partial charge in [0.1, 0.15) is 5.75 Å². The molecule has 0 saturated carbocycles. The normalized spacial score (nSPS) is 15.6. The number of nitrogens with zero attached hydrogens (tertiary/aromatic N) is 1. The maximum Gasteiger partial charge on any atom is 0.142 e. The third-order valence-electron chi connectivity index (χ3n) is 3.91. The van der Waals surface area contributed by atoms with E-state index in [4.69, 9.17) is 4.74 Å². The molecule has 0 aromatic heterocycles. The van der Waals surface area contributed by atoms with Crippen LogP contribution in [-0.4, -0.2) is 31.8 Å². The van der Waals surface area contributed by atoms with Crippen molar-refractivity contribution in [1.29, 1.82) is 0 Å². The minimum Gasteiger partial charge on any atom is -0.491 e. The van der Waals surface area contributed by atoms with Gasteiger partial charge in [0.25, 0.3) is 0 Å². The van der Waals surface area contributed by atoms with Crippen molar-refractivity contribution in [2.24, 2.45) is 0 Å². The molecule has 106 valence electrons. The number of nitrogens with one attached hydrogen (secondary N) is 1. The lowest BCUT2D eigenvalue weighted by molar-refractivity contribution is 0.322. The van der Waals surface area contributed by atoms with Crippen LogP contribution in [0.2, 0.25) is 0 Å². The monoisotopic (exact) mass is 262 g/mol. The van der Waals surface area contributed by atoms with Crippen LogP contribution in [0.15, 0.2) is 24.3 Å². The summed E-state index contributed by atoms with van der Waals surface area (Å²) in [6.45, 7) is 10.7. The second kappa shape index (κ2) is 6.29. The van der Waals surface area contributed by atoms with Crippen molar-refractivity contribution in [1.82, 2.24) is 5.32 Å². The lowest BCUT2D eigenvalue weighted by atomic mass is 10.0. The van der Waals surface area contributed by atoms with Gasteiger partial charge in [0.05, 0.1) is 12.3 Å². The molecular formula is C16H26N2O. The minimum absolute atomic E-state index is 0.224. The molecular weight excluding hydrogens is 236 g/mol. The number of anilines is 1. The van der Waals surface area contributed by atoms with Crippen molar-refractivity contribution in [2.45, 2.75) is 39.2 Å². The molecule has 0 spiro atoms. The van der Waals surface area contributed by atoms with E-state index in [1.165, 1.54) is 5.69 Å². The topological polar surface area (TPSA) is 24.5 Å². The van der Waals surface area contributed by atoms with Gasteiger partial charge >= 0.3 is 0 Å². The molecule has 0 bridgehead atoms. The molecule has 1 aliphatic heterocycles. The number of hydrogen-bond acceptors (Lipinski definition) is 3. The van der Waals surface area contributed by atoms with E-state index < -0.39 is 0 Å². The van der Waals surface area contributed by atoms with Gasteiger partial charge in [0.2, 0.25) is 0 Å². The lowest BCUT2D eigenvalue weighted by Gasteiger charge is -2.28. The van der Waals surface area contributed by atoms with Crippen LogP contribution in [0, 0.1) is 0 Å². The second-order valence-electron chi connectivity index (χ2n) is 5.82. The maximum absolute atomic E-state index is 5.79. The van der Waals surface area contributed by atoms with E-state index in [1.54, 1.807) is 0 Å². The van der Waals surface area contributed by atoms with Gasteiger partial charge in [-0.25, -0.2) is 0 Å². The molecule has 0 amide bonds. The summed E-state index contributed by atoms with van der Waals surface area (Å²) in [6, 6.07) is 8.35. The van der Waals surface area contributed by atoms with Crippen LogP contribution in [0.1, 0.15) is 33.6 Å². The zero-order valence-electron chi connectivity index (χ0n) is 12.4. The maximum atomic E-state index is 5.79. The van der Waals surface area contributed by atoms with Crippen molar-refractivity contribution in [3.8, 4) is 5.75 Å². The summed E-state index contributed by atoms with van der Waals surface area (Å²) < 4.78 is 5.79. The summed E-state index contributed by atoms with van der Waals surface area (Å²) in [5, 5.41) is 3.62. The average molecular weight is 262 g/mol. The van der Waals surface area contributed by atoms with Crippen molar-refractivity contribution >= 4 is 5.69 Å². The Bertz CT molecular complexity index is 403. The molecule has 0 atom stereocenters. The van der Waals surface area contributed by atoms with Gasteiger partial charge in [-0.2, -0.15) is 0 Å². The van der Waals surface area contributed by atoms with Gasteiger partial charge < -0.3 is 15.0 Å². The summed E-state index contributed by atoms with van der Waals surface area (Å²) in [5.74, 6) is 1.02. The third-order valence-corrected chi connectivity index (χ3v) is 3.91. The molecule has 1 aromatic carbocycles. The zero-order chi connectivity index (χ0) is 13.7. The largest absolute Gasteiger partial charge is 0.491 e. The fourth-order valence-electron chi connectivity index (χ4n) is 2.28. The highest BCUT2D eigenvalue weighted by Gasteiger charge is 2.17. The molecule has 0 radical (unpaired) electrons. The van der Waals surface area contributed by atoms with Gasteiger partial charge in [0, 0.05) is 25.2 Å². The van der Waals surface area contributed by atoms with Crippen LogP contribution in [0.4, 0.5) is 5.69 Å². The van der Waals surface area contributed by atoms with Crippen molar-refractivity contribution < 1.29 is 4.74 Å². The minimum atomic E-state index is 0.224. The van der Waals surface area contributed by atoms with Gasteiger partial charge in [-0.1, -0.05) is 19.1 Å². The van der Waals surface area contributed by atoms with Gasteiger partial charge in [0.15, 0.2) is 0 Å². The van der Waals surface area contributed by atoms with Gasteiger partial charge in [-0.3, -0.25) is 0 Å². The predicted octanol–water partition coefficient (Wildman–Crippen LogP) is 3.05. The number of hydrogen-bond donors (Lipinski definition) is 1. The predicted molar refractivity (Wildman–Crippen MR) is 81.1 cm³/mol. The molecule has 3 heteroatoms. The van der Waals surface area contributed by atoms with E-state index in [2.05, 4.69) is 49.2 Å². The summed E-state index contributed by atoms with van der Waals surface area (Å²) in [4.78, 5) is 2.43. The van der Waals surface area contributed by atoms with Crippen molar-refractivity contribution in [3.05, 3.63) is 24.3 Å². The van der Waals surface area contributed by atoms with E-state index in [9.17, 15) is 0 Å². The van der Waals surface area contributed by atoms with Crippen LogP contribution in [0.25, 0.3) is 0 Å². The number of ether oxygens (including phenoxy) is 1. The van der Waals surface area contributed by atoms with E-state index >= 15 is 0 Å². The molecule has 0 fully saturated rings. The fraction of sp³-hybridized carbons (Fsp3) is 0.625. The van der Waals surface area contributed by atoms with Crippen LogP contribution in [0.3, 0.4) is 0 Å². The molecule has 19 heavy (non-hydrogen) atoms. The Morgan fingerprint density at radius 3 is 2.89 bits per heavy atom. The van der Waals surface area contributed by atoms with Crippen LogP contribution >= 0.6 is 0 Å². The molecule has 0 aliphatic carbocycles. The fourth-order valence-corrected chi connectivity index (χ4v) is 2.28. The molecule has 2 rings (SSSR count). The highest BCUT2D eigenvalue weighted by atomic mass is 16.5. The standard InChI is InChI=1S/C16H26N2O/c1-4-16(2,3)17-10-12-18-11-7-13-19-15-9-6-5-8-14(15)18/h5-6,8-9,17H,4,7,10-13H2,1-3H3. The van der Waals surface area contributed by atoms with E-state index in [1.807, 2.05) is 6.07 Å². The first-order valence-corrected chi connectivity index (χ1v) is 7.34. The molecule has 1 aromatic rings. The molecule has 3 nitrogen and oxygen atoms in total. The van der Waals surface area contributed by atoms with Crippen molar-refractivity contribution in [2.75, 3.05) is 31.1 Å². The van der Waals surface area contributed by atoms with Crippen LogP contribution < -0.4 is 15.0 Å². The summed E-state index contributed by atoms with van der Waals surface area (Å²) in [6.07, 6.45) is 2.23. The van der Waals surface area contributed by atoms with E-state index in [-0.39, 0.29) is 5.54 Å². The average Bonchev–Trinajstić information content (AvgIpc) is 2.61. The van der Waals surface area contributed by atoms with Crippen LogP contribution in [0.5, 0.6) is 5.75 Å².